The summed E-state index contributed by atoms with van der Waals surface area (Å²) in [5.41, 5.74) is 23.7. The fourth-order valence-electron chi connectivity index (χ4n) is 12.9. The van der Waals surface area contributed by atoms with Gasteiger partial charge in [0.25, 0.3) is 6.71 Å². The summed E-state index contributed by atoms with van der Waals surface area (Å²) in [6, 6.07) is 48.2. The molecule has 2 nitrogen and oxygen atoms in total. The largest absolute Gasteiger partial charge is 0.311 e. The van der Waals surface area contributed by atoms with Crippen LogP contribution in [-0.2, 0) is 32.5 Å². The lowest BCUT2D eigenvalue weighted by Crippen LogP contribution is -2.62. The molecular formula is C68H77BN2. The van der Waals surface area contributed by atoms with Crippen LogP contribution in [-0.4, -0.2) is 6.71 Å². The molecular weight excluding hydrogens is 856 g/mol. The Labute approximate surface area is 432 Å². The van der Waals surface area contributed by atoms with E-state index in [0.29, 0.717) is 5.56 Å². The second-order valence-corrected chi connectivity index (χ2v) is 26.7. The minimum Gasteiger partial charge on any atom is -0.311 e. The first kappa shape index (κ1) is 43.9. The van der Waals surface area contributed by atoms with Crippen molar-refractivity contribution >= 4 is 57.2 Å². The molecule has 362 valence electrons. The topological polar surface area (TPSA) is 6.48 Å². The third-order valence-corrected chi connectivity index (χ3v) is 17.7. The summed E-state index contributed by atoms with van der Waals surface area (Å²) < 4.78 is 27.9. The molecule has 7 aromatic carbocycles. The summed E-state index contributed by atoms with van der Waals surface area (Å²) in [5.74, 6) is 0. The molecule has 11 rings (SSSR count). The first-order chi connectivity index (χ1) is 34.5. The van der Waals surface area contributed by atoms with Crippen LogP contribution in [0.25, 0.3) is 22.3 Å². The van der Waals surface area contributed by atoms with E-state index < -0.39 is 6.85 Å². The van der Waals surface area contributed by atoms with Crippen molar-refractivity contribution in [2.45, 2.75) is 169 Å². The monoisotopic (exact) mass is 936 g/mol. The summed E-state index contributed by atoms with van der Waals surface area (Å²) in [6.45, 7) is 32.8. The Hall–Kier alpha value is -5.80. The van der Waals surface area contributed by atoms with Crippen molar-refractivity contribution in [1.82, 2.24) is 0 Å². The Morgan fingerprint density at radius 3 is 1.59 bits per heavy atom. The van der Waals surface area contributed by atoms with Crippen molar-refractivity contribution in [2.75, 3.05) is 9.80 Å². The Kier molecular flexibility index (Phi) is 9.81. The van der Waals surface area contributed by atoms with E-state index in [0.717, 1.165) is 87.5 Å². The minimum absolute atomic E-state index is 0.0117. The highest BCUT2D eigenvalue weighted by molar-refractivity contribution is 7.00. The third-order valence-electron chi connectivity index (χ3n) is 17.7. The first-order valence-corrected chi connectivity index (χ1v) is 26.5. The SMILES string of the molecule is [2H]C([2H])([2H])c1cc2c3c(c1)N(c1ccc(C(C)(C)C)cc1-c1ccc4c(c1)C(C)(C)CCC4(C)C)c1cc4c(cc1B3c1ccc(C(C)(C)C)cc1N2c1cc(-c2ccccc2)ccc1C)C(C)(C)CCC4(C)C. The van der Waals surface area contributed by atoms with Gasteiger partial charge in [-0.25, -0.2) is 0 Å². The number of hydrogen-bond acceptors (Lipinski definition) is 2. The van der Waals surface area contributed by atoms with Crippen molar-refractivity contribution in [3.63, 3.8) is 0 Å². The van der Waals surface area contributed by atoms with Crippen LogP contribution in [0.2, 0.25) is 0 Å². The number of aryl methyl sites for hydroxylation is 2. The molecule has 0 spiro atoms. The number of benzene rings is 7. The lowest BCUT2D eigenvalue weighted by atomic mass is 9.33. The Balaban J connectivity index is 1.30. The summed E-state index contributed by atoms with van der Waals surface area (Å²) in [7, 11) is 0. The maximum absolute atomic E-state index is 9.31. The number of rotatable bonds is 4. The molecule has 0 saturated carbocycles. The van der Waals surface area contributed by atoms with Gasteiger partial charge < -0.3 is 9.80 Å². The van der Waals surface area contributed by atoms with Gasteiger partial charge in [-0.1, -0.05) is 182 Å². The Bertz CT molecular complexity index is 3430. The molecule has 3 heteroatoms. The minimum atomic E-state index is -2.40. The van der Waals surface area contributed by atoms with Crippen molar-refractivity contribution in [3.8, 4) is 22.3 Å². The van der Waals surface area contributed by atoms with Gasteiger partial charge in [-0.2, -0.15) is 0 Å². The summed E-state index contributed by atoms with van der Waals surface area (Å²) in [6.07, 6.45) is 4.46. The molecule has 0 atom stereocenters. The number of nitrogens with zero attached hydrogens (tertiary/aromatic N) is 2. The Morgan fingerprint density at radius 1 is 0.437 bits per heavy atom. The number of hydrogen-bond donors (Lipinski definition) is 0. The van der Waals surface area contributed by atoms with Gasteiger partial charge in [0.15, 0.2) is 0 Å². The summed E-state index contributed by atoms with van der Waals surface area (Å²) in [5, 5.41) is 0. The molecule has 0 fully saturated rings. The molecule has 0 amide bonds. The molecule has 7 aromatic rings. The highest BCUT2D eigenvalue weighted by Crippen LogP contribution is 2.54. The molecule has 0 bridgehead atoms. The smallest absolute Gasteiger partial charge is 0.252 e. The molecule has 0 saturated heterocycles. The van der Waals surface area contributed by atoms with Crippen LogP contribution in [0.1, 0.15) is 171 Å². The van der Waals surface area contributed by atoms with Gasteiger partial charge in [0.1, 0.15) is 0 Å². The molecule has 0 radical (unpaired) electrons. The zero-order chi connectivity index (χ0) is 53.0. The number of anilines is 6. The lowest BCUT2D eigenvalue weighted by molar-refractivity contribution is 0.332. The standard InChI is InChI=1S/C68H77BN2/c1-42-34-60-62-61(35-42)71(57-37-45(23-22-43(57)2)44-20-18-17-19-21-44)58-39-48(64(6,7)8)25-28-54(58)69(62)55-40-52-53(68(15,16)33-32-67(52,13)14)41-59(55)70(60)56-29-26-47(63(3,4)5)38-49(56)46-24-27-50-51(36-46)66(11,12)31-30-65(50,9)10/h17-29,34-41H,30-33H2,1-16H3/i1D3. The predicted octanol–water partition coefficient (Wildman–Crippen LogP) is 17.0. The van der Waals surface area contributed by atoms with E-state index in [4.69, 9.17) is 0 Å². The van der Waals surface area contributed by atoms with Gasteiger partial charge in [-0.05, 0) is 192 Å². The van der Waals surface area contributed by atoms with Crippen molar-refractivity contribution in [2.24, 2.45) is 0 Å². The second-order valence-electron chi connectivity index (χ2n) is 26.7. The lowest BCUT2D eigenvalue weighted by Gasteiger charge is -2.48. The van der Waals surface area contributed by atoms with Crippen LogP contribution < -0.4 is 26.2 Å². The first-order valence-electron chi connectivity index (χ1n) is 28.0. The van der Waals surface area contributed by atoms with E-state index in [2.05, 4.69) is 229 Å². The highest BCUT2D eigenvalue weighted by Gasteiger charge is 2.47. The van der Waals surface area contributed by atoms with Crippen LogP contribution in [0.5, 0.6) is 0 Å². The molecule has 2 heterocycles. The fourth-order valence-corrected chi connectivity index (χ4v) is 12.9. The molecule has 0 unspecified atom stereocenters. The maximum Gasteiger partial charge on any atom is 0.252 e. The zero-order valence-corrected chi connectivity index (χ0v) is 45.4. The quantitative estimate of drug-likeness (QED) is 0.162. The molecule has 0 N–H and O–H groups in total. The van der Waals surface area contributed by atoms with Gasteiger partial charge in [0.2, 0.25) is 0 Å². The van der Waals surface area contributed by atoms with Crippen LogP contribution in [0.15, 0.2) is 127 Å². The van der Waals surface area contributed by atoms with E-state index in [1.54, 1.807) is 0 Å². The third kappa shape index (κ3) is 7.65. The molecule has 71 heavy (non-hydrogen) atoms. The second kappa shape index (κ2) is 15.9. The van der Waals surface area contributed by atoms with E-state index >= 15 is 0 Å². The van der Waals surface area contributed by atoms with Gasteiger partial charge in [0, 0.05) is 38.1 Å². The fraction of sp³-hybridized carbons (Fsp3) is 0.382. The van der Waals surface area contributed by atoms with Crippen molar-refractivity contribution in [3.05, 3.63) is 172 Å². The van der Waals surface area contributed by atoms with Crippen molar-refractivity contribution < 1.29 is 4.11 Å². The molecule has 0 aromatic heterocycles. The average Bonchev–Trinajstić information content (AvgIpc) is 3.33. The maximum atomic E-state index is 9.31. The van der Waals surface area contributed by atoms with Crippen LogP contribution in [0.3, 0.4) is 0 Å². The van der Waals surface area contributed by atoms with Crippen LogP contribution >= 0.6 is 0 Å². The molecule has 2 aliphatic carbocycles. The average molecular weight is 936 g/mol. The zero-order valence-electron chi connectivity index (χ0n) is 48.4. The molecule has 2 aliphatic heterocycles. The normalized spacial score (nSPS) is 18.8. The highest BCUT2D eigenvalue weighted by atomic mass is 15.2. The van der Waals surface area contributed by atoms with Gasteiger partial charge in [-0.3, -0.25) is 0 Å². The summed E-state index contributed by atoms with van der Waals surface area (Å²) >= 11 is 0. The van der Waals surface area contributed by atoms with E-state index in [1.807, 2.05) is 12.1 Å². The van der Waals surface area contributed by atoms with Crippen molar-refractivity contribution in [1.29, 1.82) is 0 Å². The van der Waals surface area contributed by atoms with Crippen LogP contribution in [0.4, 0.5) is 34.1 Å². The Morgan fingerprint density at radius 2 is 0.972 bits per heavy atom. The van der Waals surface area contributed by atoms with E-state index in [-0.39, 0.29) is 39.2 Å². The van der Waals surface area contributed by atoms with Gasteiger partial charge in [0.05, 0.1) is 5.69 Å². The molecule has 4 aliphatic rings. The predicted molar refractivity (Wildman–Crippen MR) is 309 cm³/mol. The van der Waals surface area contributed by atoms with E-state index in [1.165, 1.54) is 49.9 Å². The van der Waals surface area contributed by atoms with Crippen LogP contribution in [0, 0.1) is 13.8 Å². The van der Waals surface area contributed by atoms with E-state index in [9.17, 15) is 4.11 Å². The number of fused-ring (bicyclic) bond motifs is 6. The van der Waals surface area contributed by atoms with Gasteiger partial charge in [-0.15, -0.1) is 0 Å². The summed E-state index contributed by atoms with van der Waals surface area (Å²) in [4.78, 5) is 4.94. The van der Waals surface area contributed by atoms with Gasteiger partial charge >= 0.3 is 0 Å².